The van der Waals surface area contributed by atoms with Crippen LogP contribution in [0.2, 0.25) is 0 Å². The highest BCUT2D eigenvalue weighted by Crippen LogP contribution is 2.14. The van der Waals surface area contributed by atoms with Crippen molar-refractivity contribution in [2.45, 2.75) is 0 Å². The van der Waals surface area contributed by atoms with Gasteiger partial charge in [0.05, 0.1) is 12.1 Å². The zero-order valence-corrected chi connectivity index (χ0v) is 10.5. The van der Waals surface area contributed by atoms with E-state index in [1.165, 1.54) is 35.0 Å². The molecule has 1 amide bonds. The van der Waals surface area contributed by atoms with E-state index in [9.17, 15) is 9.18 Å². The van der Waals surface area contributed by atoms with Gasteiger partial charge in [-0.05, 0) is 18.2 Å². The molecular weight excluding hydrogens is 267 g/mol. The molecule has 96 valence electrons. The van der Waals surface area contributed by atoms with Crippen LogP contribution in [-0.4, -0.2) is 22.6 Å². The van der Waals surface area contributed by atoms with E-state index in [1.54, 1.807) is 0 Å². The summed E-state index contributed by atoms with van der Waals surface area (Å²) in [5.41, 5.74) is 7.31. The van der Waals surface area contributed by atoms with Gasteiger partial charge in [-0.2, -0.15) is 0 Å². The maximum Gasteiger partial charge on any atom is 0.258 e. The first-order chi connectivity index (χ1) is 9.20. The topological polar surface area (TPSA) is 80.9 Å². The number of carbonyl (C=O) groups excluding carboxylic acids is 1. The van der Waals surface area contributed by atoms with Crippen LogP contribution in [0.3, 0.4) is 0 Å². The average Bonchev–Trinajstić information content (AvgIpc) is 2.89. The second-order valence-corrected chi connectivity index (χ2v) is 4.23. The maximum atomic E-state index is 13.2. The molecule has 0 fully saturated rings. The van der Waals surface area contributed by atoms with Crippen molar-refractivity contribution in [3.05, 3.63) is 40.7 Å². The van der Waals surface area contributed by atoms with Crippen molar-refractivity contribution in [2.75, 3.05) is 11.9 Å². The second kappa shape index (κ2) is 6.04. The lowest BCUT2D eigenvalue weighted by Crippen LogP contribution is -2.13. The molecule has 7 heteroatoms. The van der Waals surface area contributed by atoms with E-state index in [4.69, 9.17) is 5.73 Å². The Labute approximate surface area is 112 Å². The maximum absolute atomic E-state index is 13.2. The van der Waals surface area contributed by atoms with Gasteiger partial charge >= 0.3 is 0 Å². The lowest BCUT2D eigenvalue weighted by molar-refractivity contribution is 0.102. The first-order valence-electron chi connectivity index (χ1n) is 5.26. The SMILES string of the molecule is NCC#Cc1cc(F)ccc1C(=O)Nc1nncs1. The number of benzene rings is 1. The van der Waals surface area contributed by atoms with Crippen LogP contribution in [0.15, 0.2) is 23.7 Å². The molecule has 0 aliphatic rings. The quantitative estimate of drug-likeness (QED) is 0.809. The Balaban J connectivity index is 2.30. The molecule has 0 unspecified atom stereocenters. The Morgan fingerprint density at radius 1 is 1.53 bits per heavy atom. The molecule has 0 bridgehead atoms. The van der Waals surface area contributed by atoms with Crippen LogP contribution in [0, 0.1) is 17.7 Å². The molecule has 0 atom stereocenters. The first kappa shape index (κ1) is 13.1. The molecule has 1 aromatic heterocycles. The second-order valence-electron chi connectivity index (χ2n) is 3.39. The smallest absolute Gasteiger partial charge is 0.258 e. The molecule has 0 aliphatic heterocycles. The molecule has 1 aromatic carbocycles. The predicted molar refractivity (Wildman–Crippen MR) is 70.2 cm³/mol. The van der Waals surface area contributed by atoms with Crippen LogP contribution < -0.4 is 11.1 Å². The van der Waals surface area contributed by atoms with Gasteiger partial charge < -0.3 is 5.73 Å². The van der Waals surface area contributed by atoms with Crippen molar-refractivity contribution >= 4 is 22.4 Å². The summed E-state index contributed by atoms with van der Waals surface area (Å²) < 4.78 is 13.2. The molecule has 0 saturated carbocycles. The predicted octanol–water partition coefficient (Wildman–Crippen LogP) is 1.24. The van der Waals surface area contributed by atoms with Gasteiger partial charge in [0.1, 0.15) is 11.3 Å². The van der Waals surface area contributed by atoms with Gasteiger partial charge in [0.25, 0.3) is 5.91 Å². The van der Waals surface area contributed by atoms with E-state index in [2.05, 4.69) is 27.4 Å². The van der Waals surface area contributed by atoms with Gasteiger partial charge in [-0.3, -0.25) is 10.1 Å². The third-order valence-corrected chi connectivity index (χ3v) is 2.74. The van der Waals surface area contributed by atoms with Crippen molar-refractivity contribution in [1.82, 2.24) is 10.2 Å². The minimum absolute atomic E-state index is 0.133. The lowest BCUT2D eigenvalue weighted by Gasteiger charge is -2.04. The average molecular weight is 276 g/mol. The zero-order chi connectivity index (χ0) is 13.7. The number of nitrogens with zero attached hydrogens (tertiary/aromatic N) is 2. The molecule has 1 heterocycles. The third kappa shape index (κ3) is 3.34. The lowest BCUT2D eigenvalue weighted by atomic mass is 10.1. The fourth-order valence-corrected chi connectivity index (χ4v) is 1.80. The number of amides is 1. The van der Waals surface area contributed by atoms with Crippen LogP contribution in [-0.2, 0) is 0 Å². The highest BCUT2D eigenvalue weighted by atomic mass is 32.1. The van der Waals surface area contributed by atoms with Crippen LogP contribution in [0.1, 0.15) is 15.9 Å². The summed E-state index contributed by atoms with van der Waals surface area (Å²) in [4.78, 5) is 12.0. The van der Waals surface area contributed by atoms with E-state index in [0.29, 0.717) is 5.13 Å². The highest BCUT2D eigenvalue weighted by molar-refractivity contribution is 7.13. The minimum Gasteiger partial charge on any atom is -0.320 e. The molecule has 19 heavy (non-hydrogen) atoms. The molecule has 5 nitrogen and oxygen atoms in total. The Hall–Kier alpha value is -2.30. The number of carbonyl (C=O) groups is 1. The molecule has 0 spiro atoms. The van der Waals surface area contributed by atoms with Crippen LogP contribution in [0.5, 0.6) is 0 Å². The van der Waals surface area contributed by atoms with Crippen LogP contribution >= 0.6 is 11.3 Å². The number of rotatable bonds is 2. The number of aromatic nitrogens is 2. The molecule has 0 saturated heterocycles. The van der Waals surface area contributed by atoms with Gasteiger partial charge in [-0.1, -0.05) is 23.2 Å². The fraction of sp³-hybridized carbons (Fsp3) is 0.0833. The van der Waals surface area contributed by atoms with E-state index in [-0.39, 0.29) is 17.7 Å². The normalized spacial score (nSPS) is 9.58. The van der Waals surface area contributed by atoms with E-state index in [0.717, 1.165) is 0 Å². The zero-order valence-electron chi connectivity index (χ0n) is 9.68. The molecule has 0 aliphatic carbocycles. The van der Waals surface area contributed by atoms with Gasteiger partial charge in [-0.25, -0.2) is 4.39 Å². The summed E-state index contributed by atoms with van der Waals surface area (Å²) in [6.07, 6.45) is 0. The van der Waals surface area contributed by atoms with E-state index >= 15 is 0 Å². The van der Waals surface area contributed by atoms with Gasteiger partial charge in [0.2, 0.25) is 5.13 Å². The standard InChI is InChI=1S/C12H9FN4OS/c13-9-3-4-10(8(6-9)2-1-5-14)11(18)16-12-17-15-7-19-12/h3-4,6-7H,5,14H2,(H,16,17,18). The summed E-state index contributed by atoms with van der Waals surface area (Å²) in [5.74, 6) is 4.37. The summed E-state index contributed by atoms with van der Waals surface area (Å²) in [7, 11) is 0. The summed E-state index contributed by atoms with van der Waals surface area (Å²) >= 11 is 1.19. The van der Waals surface area contributed by atoms with Crippen LogP contribution in [0.4, 0.5) is 9.52 Å². The highest BCUT2D eigenvalue weighted by Gasteiger charge is 2.12. The number of hydrogen-bond acceptors (Lipinski definition) is 5. The van der Waals surface area contributed by atoms with Crippen molar-refractivity contribution < 1.29 is 9.18 Å². The number of halogens is 1. The van der Waals surface area contributed by atoms with Gasteiger partial charge in [-0.15, -0.1) is 10.2 Å². The summed E-state index contributed by atoms with van der Waals surface area (Å²) in [6.45, 7) is 0.133. The first-order valence-corrected chi connectivity index (χ1v) is 6.14. The Morgan fingerprint density at radius 2 is 2.37 bits per heavy atom. The third-order valence-electron chi connectivity index (χ3n) is 2.13. The summed E-state index contributed by atoms with van der Waals surface area (Å²) in [6, 6.07) is 3.76. The Bertz CT molecular complexity index is 645. The van der Waals surface area contributed by atoms with E-state index < -0.39 is 11.7 Å². The van der Waals surface area contributed by atoms with Crippen molar-refractivity contribution in [3.63, 3.8) is 0 Å². The Kier molecular flexibility index (Phi) is 4.18. The number of hydrogen-bond donors (Lipinski definition) is 2. The fourth-order valence-electron chi connectivity index (χ4n) is 1.36. The van der Waals surface area contributed by atoms with Crippen LogP contribution in [0.25, 0.3) is 0 Å². The van der Waals surface area contributed by atoms with Crippen molar-refractivity contribution in [1.29, 1.82) is 0 Å². The monoisotopic (exact) mass is 276 g/mol. The number of nitrogens with two attached hydrogens (primary N) is 1. The van der Waals surface area contributed by atoms with Gasteiger partial charge in [0, 0.05) is 5.56 Å². The van der Waals surface area contributed by atoms with Gasteiger partial charge in [0.15, 0.2) is 0 Å². The minimum atomic E-state index is -0.464. The molecular formula is C12H9FN4OS. The Morgan fingerprint density at radius 3 is 3.05 bits per heavy atom. The van der Waals surface area contributed by atoms with E-state index in [1.807, 2.05) is 0 Å². The molecule has 2 rings (SSSR count). The van der Waals surface area contributed by atoms with Crippen molar-refractivity contribution in [2.24, 2.45) is 5.73 Å². The summed E-state index contributed by atoms with van der Waals surface area (Å²) in [5, 5.41) is 10.2. The molecule has 0 radical (unpaired) electrons. The molecule has 3 N–H and O–H groups in total. The largest absolute Gasteiger partial charge is 0.320 e. The number of anilines is 1. The molecule has 2 aromatic rings. The number of nitrogens with one attached hydrogen (secondary N) is 1. The van der Waals surface area contributed by atoms with Crippen molar-refractivity contribution in [3.8, 4) is 11.8 Å².